The Hall–Kier alpha value is -2.82. The van der Waals surface area contributed by atoms with Crippen LogP contribution in [0, 0.1) is 10.1 Å². The molecule has 0 N–H and O–H groups in total. The highest BCUT2D eigenvalue weighted by molar-refractivity contribution is 6.09. The molecule has 5 nitrogen and oxygen atoms in total. The Morgan fingerprint density at radius 1 is 1.00 bits per heavy atom. The van der Waals surface area contributed by atoms with Gasteiger partial charge in [-0.2, -0.15) is 0 Å². The third-order valence-electron chi connectivity index (χ3n) is 4.94. The number of para-hydroxylation sites is 1. The van der Waals surface area contributed by atoms with Gasteiger partial charge in [-0.25, -0.2) is 4.57 Å². The number of carbonyl (C=O) groups excluding carboxylic acids is 1. The largest absolute Gasteiger partial charge is 0.289 e. The predicted molar refractivity (Wildman–Crippen MR) is 116 cm³/mol. The fourth-order valence-corrected chi connectivity index (χ4v) is 3.31. The van der Waals surface area contributed by atoms with Crippen molar-refractivity contribution in [1.82, 2.24) is 0 Å². The minimum atomic E-state index is -0.526. The minimum absolute atomic E-state index is 0.108. The van der Waals surface area contributed by atoms with E-state index in [-0.39, 0.29) is 17.0 Å². The van der Waals surface area contributed by atoms with Crippen molar-refractivity contribution in [3.63, 3.8) is 0 Å². The summed E-state index contributed by atoms with van der Waals surface area (Å²) in [5.41, 5.74) is 0.843. The number of hydrogen-bond acceptors (Lipinski definition) is 3. The fourth-order valence-electron chi connectivity index (χ4n) is 3.31. The molecule has 0 aliphatic heterocycles. The van der Waals surface area contributed by atoms with Crippen molar-refractivity contribution >= 4 is 17.5 Å². The molecule has 0 bridgehead atoms. The lowest BCUT2D eigenvalue weighted by molar-refractivity contribution is -0.697. The van der Waals surface area contributed by atoms with E-state index in [1.54, 1.807) is 18.2 Å². The molecule has 1 heterocycles. The predicted octanol–water partition coefficient (Wildman–Crippen LogP) is 5.92. The van der Waals surface area contributed by atoms with E-state index in [0.29, 0.717) is 0 Å². The zero-order valence-corrected chi connectivity index (χ0v) is 17.3. The number of aromatic nitrogens is 1. The van der Waals surface area contributed by atoms with Gasteiger partial charge in [-0.3, -0.25) is 14.9 Å². The lowest BCUT2D eigenvalue weighted by Crippen LogP contribution is -2.32. The molecular weight excluding hydrogens is 364 g/mol. The summed E-state index contributed by atoms with van der Waals surface area (Å²) in [6, 6.07) is 9.91. The molecule has 5 heteroatoms. The van der Waals surface area contributed by atoms with Crippen LogP contribution in [0.2, 0.25) is 0 Å². The second-order valence-corrected chi connectivity index (χ2v) is 7.32. The van der Waals surface area contributed by atoms with Gasteiger partial charge in [-0.05, 0) is 30.7 Å². The van der Waals surface area contributed by atoms with E-state index in [2.05, 4.69) is 11.5 Å². The van der Waals surface area contributed by atoms with E-state index < -0.39 is 4.92 Å². The summed E-state index contributed by atoms with van der Waals surface area (Å²) in [5, 5.41) is 11.1. The monoisotopic (exact) mass is 395 g/mol. The first-order valence-electron chi connectivity index (χ1n) is 10.6. The Labute approximate surface area is 173 Å². The van der Waals surface area contributed by atoms with Crippen molar-refractivity contribution in [1.29, 1.82) is 0 Å². The van der Waals surface area contributed by atoms with Gasteiger partial charge < -0.3 is 0 Å². The van der Waals surface area contributed by atoms with Gasteiger partial charge in [0.2, 0.25) is 0 Å². The van der Waals surface area contributed by atoms with E-state index in [4.69, 9.17) is 0 Å². The van der Waals surface area contributed by atoms with Crippen LogP contribution in [0.5, 0.6) is 0 Å². The normalized spacial score (nSPS) is 11.1. The highest BCUT2D eigenvalue weighted by atomic mass is 16.6. The van der Waals surface area contributed by atoms with E-state index in [1.807, 2.05) is 24.5 Å². The molecule has 2 rings (SSSR count). The van der Waals surface area contributed by atoms with Crippen LogP contribution < -0.4 is 4.57 Å². The molecule has 0 saturated heterocycles. The highest BCUT2D eigenvalue weighted by Crippen LogP contribution is 2.19. The van der Waals surface area contributed by atoms with Crippen molar-refractivity contribution in [2.75, 3.05) is 0 Å². The number of unbranched alkanes of at least 4 members (excludes halogenated alkanes) is 7. The first-order chi connectivity index (χ1) is 14.1. The summed E-state index contributed by atoms with van der Waals surface area (Å²) in [6.45, 7) is 3.19. The average molecular weight is 396 g/mol. The Morgan fingerprint density at radius 3 is 2.41 bits per heavy atom. The Morgan fingerprint density at radius 2 is 1.69 bits per heavy atom. The molecule has 1 aromatic heterocycles. The second kappa shape index (κ2) is 12.6. The Balaban J connectivity index is 1.85. The van der Waals surface area contributed by atoms with Crippen molar-refractivity contribution in [3.05, 3.63) is 76.1 Å². The number of aryl methyl sites for hydroxylation is 1. The standard InChI is InChI=1S/C24H31N2O3/c1-2-3-4-5-6-7-8-11-18-25-19-12-13-21(20-25)16-17-24(27)22-14-9-10-15-23(22)26(28)29/h9-10,12-17,19-20H,2-8,11,18H2,1H3/q+1/b17-16+. The molecule has 0 unspecified atom stereocenters. The number of ketones is 1. The molecular formula is C24H31N2O3+. The summed E-state index contributed by atoms with van der Waals surface area (Å²) >= 11 is 0. The number of pyridine rings is 1. The number of carbonyl (C=O) groups is 1. The molecule has 0 saturated carbocycles. The zero-order valence-electron chi connectivity index (χ0n) is 17.3. The van der Waals surface area contributed by atoms with Gasteiger partial charge in [0.1, 0.15) is 6.54 Å². The highest BCUT2D eigenvalue weighted by Gasteiger charge is 2.17. The van der Waals surface area contributed by atoms with Crippen molar-refractivity contribution in [2.45, 2.75) is 64.8 Å². The van der Waals surface area contributed by atoms with Gasteiger partial charge in [-0.15, -0.1) is 0 Å². The lowest BCUT2D eigenvalue weighted by atomic mass is 10.1. The number of hydrogen-bond donors (Lipinski definition) is 0. The summed E-state index contributed by atoms with van der Waals surface area (Å²) in [4.78, 5) is 22.9. The van der Waals surface area contributed by atoms with Gasteiger partial charge in [0.05, 0.1) is 10.5 Å². The minimum Gasteiger partial charge on any atom is -0.289 e. The van der Waals surface area contributed by atoms with E-state index in [0.717, 1.165) is 18.5 Å². The van der Waals surface area contributed by atoms with Gasteiger partial charge in [0.15, 0.2) is 18.2 Å². The molecule has 0 radical (unpaired) electrons. The molecule has 0 atom stereocenters. The average Bonchev–Trinajstić information content (AvgIpc) is 2.74. The van der Waals surface area contributed by atoms with Crippen LogP contribution >= 0.6 is 0 Å². The maximum absolute atomic E-state index is 12.4. The van der Waals surface area contributed by atoms with Gasteiger partial charge in [0, 0.05) is 24.1 Å². The number of nitro benzene ring substituents is 1. The van der Waals surface area contributed by atoms with Gasteiger partial charge in [-0.1, -0.05) is 57.6 Å². The van der Waals surface area contributed by atoms with Crippen LogP contribution in [-0.2, 0) is 6.54 Å². The number of rotatable bonds is 13. The van der Waals surface area contributed by atoms with Crippen molar-refractivity contribution in [3.8, 4) is 0 Å². The molecule has 0 spiro atoms. The maximum atomic E-state index is 12.4. The maximum Gasteiger partial charge on any atom is 0.280 e. The number of benzene rings is 1. The smallest absolute Gasteiger partial charge is 0.280 e. The number of nitro groups is 1. The zero-order chi connectivity index (χ0) is 20.9. The van der Waals surface area contributed by atoms with Crippen LogP contribution in [0.1, 0.15) is 74.2 Å². The van der Waals surface area contributed by atoms with Crippen LogP contribution in [0.15, 0.2) is 54.9 Å². The van der Waals surface area contributed by atoms with Gasteiger partial charge >= 0.3 is 0 Å². The molecule has 1 aromatic carbocycles. The molecule has 0 amide bonds. The topological polar surface area (TPSA) is 64.1 Å². The number of nitrogens with zero attached hydrogens (tertiary/aromatic N) is 2. The van der Waals surface area contributed by atoms with E-state index >= 15 is 0 Å². The quantitative estimate of drug-likeness (QED) is 0.106. The second-order valence-electron chi connectivity index (χ2n) is 7.32. The molecule has 2 aromatic rings. The summed E-state index contributed by atoms with van der Waals surface area (Å²) in [5.74, 6) is -0.365. The van der Waals surface area contributed by atoms with Crippen LogP contribution in [0.4, 0.5) is 5.69 Å². The number of allylic oxidation sites excluding steroid dienone is 1. The molecule has 0 aliphatic rings. The Bertz CT molecular complexity index is 830. The molecule has 0 aliphatic carbocycles. The Kier molecular flexibility index (Phi) is 9.76. The summed E-state index contributed by atoms with van der Waals surface area (Å²) < 4.78 is 2.13. The SMILES string of the molecule is CCCCCCCCCC[n+]1cccc(/C=C/C(=O)c2ccccc2[N+](=O)[O-])c1. The molecule has 154 valence electrons. The van der Waals surface area contributed by atoms with Crippen LogP contribution in [0.3, 0.4) is 0 Å². The van der Waals surface area contributed by atoms with Crippen molar-refractivity contribution in [2.24, 2.45) is 0 Å². The van der Waals surface area contributed by atoms with E-state index in [9.17, 15) is 14.9 Å². The lowest BCUT2D eigenvalue weighted by Gasteiger charge is -2.01. The van der Waals surface area contributed by atoms with Crippen LogP contribution in [0.25, 0.3) is 6.08 Å². The van der Waals surface area contributed by atoms with E-state index in [1.165, 1.54) is 63.2 Å². The summed E-state index contributed by atoms with van der Waals surface area (Å²) in [6.07, 6.45) is 17.4. The first kappa shape index (κ1) is 22.5. The first-order valence-corrected chi connectivity index (χ1v) is 10.6. The van der Waals surface area contributed by atoms with Gasteiger partial charge in [0.25, 0.3) is 5.69 Å². The van der Waals surface area contributed by atoms with Crippen LogP contribution in [-0.4, -0.2) is 10.7 Å². The third-order valence-corrected chi connectivity index (χ3v) is 4.94. The molecule has 29 heavy (non-hydrogen) atoms. The van der Waals surface area contributed by atoms with Crippen molar-refractivity contribution < 1.29 is 14.3 Å². The fraction of sp³-hybridized carbons (Fsp3) is 0.417. The summed E-state index contributed by atoms with van der Waals surface area (Å²) in [7, 11) is 0. The molecule has 0 fully saturated rings. The third kappa shape index (κ3) is 7.98.